The molecule has 0 radical (unpaired) electrons. The largest absolute Gasteiger partial charge is 0.268 e. The Balaban J connectivity index is 1.80. The van der Waals surface area contributed by atoms with Crippen LogP contribution in [0.4, 0.5) is 0 Å². The molecule has 0 saturated heterocycles. The van der Waals surface area contributed by atoms with Crippen LogP contribution in [0.2, 0.25) is 0 Å². The summed E-state index contributed by atoms with van der Waals surface area (Å²) in [5.74, 6) is 1.10. The summed E-state index contributed by atoms with van der Waals surface area (Å²) < 4.78 is 1.73. The van der Waals surface area contributed by atoms with E-state index in [1.807, 2.05) is 55.5 Å². The van der Waals surface area contributed by atoms with Crippen LogP contribution in [0.15, 0.2) is 63.9 Å². The van der Waals surface area contributed by atoms with E-state index < -0.39 is 0 Å². The summed E-state index contributed by atoms with van der Waals surface area (Å²) in [6.07, 6.45) is 0. The van der Waals surface area contributed by atoms with E-state index in [4.69, 9.17) is 9.97 Å². The Morgan fingerprint density at radius 3 is 2.57 bits per heavy atom. The van der Waals surface area contributed by atoms with E-state index in [0.29, 0.717) is 22.2 Å². The standard InChI is InChI=1S/C22H21N3OS2/c1-14(2)20-23-16(12-27-20)13-28-22-24-18-10-6-5-9-17(18)21(26)25(22)19-11-7-4-8-15(19)3/h4-12,14H,13H2,1-3H3. The molecular formula is C22H21N3OS2. The molecule has 0 fully saturated rings. The first kappa shape index (κ1) is 18.9. The van der Waals surface area contributed by atoms with Crippen molar-refractivity contribution in [3.8, 4) is 5.69 Å². The maximum absolute atomic E-state index is 13.3. The zero-order valence-electron chi connectivity index (χ0n) is 16.0. The van der Waals surface area contributed by atoms with Crippen molar-refractivity contribution < 1.29 is 0 Å². The molecule has 2 aromatic heterocycles. The van der Waals surface area contributed by atoms with Crippen molar-refractivity contribution in [1.29, 1.82) is 0 Å². The Morgan fingerprint density at radius 1 is 1.07 bits per heavy atom. The van der Waals surface area contributed by atoms with Gasteiger partial charge in [-0.15, -0.1) is 11.3 Å². The van der Waals surface area contributed by atoms with Gasteiger partial charge in [0.1, 0.15) is 0 Å². The lowest BCUT2D eigenvalue weighted by atomic mass is 10.2. The minimum atomic E-state index is -0.0384. The van der Waals surface area contributed by atoms with Crippen molar-refractivity contribution in [2.75, 3.05) is 0 Å². The number of para-hydroxylation sites is 2. The molecule has 0 spiro atoms. The average molecular weight is 408 g/mol. The molecule has 0 bridgehead atoms. The van der Waals surface area contributed by atoms with Crippen molar-refractivity contribution in [2.24, 2.45) is 0 Å². The highest BCUT2D eigenvalue weighted by molar-refractivity contribution is 7.98. The van der Waals surface area contributed by atoms with Crippen molar-refractivity contribution in [3.63, 3.8) is 0 Å². The normalized spacial score (nSPS) is 11.4. The van der Waals surface area contributed by atoms with E-state index >= 15 is 0 Å². The second-order valence-electron chi connectivity index (χ2n) is 6.96. The van der Waals surface area contributed by atoms with Crippen LogP contribution in [-0.2, 0) is 5.75 Å². The minimum Gasteiger partial charge on any atom is -0.268 e. The van der Waals surface area contributed by atoms with Gasteiger partial charge in [-0.05, 0) is 30.7 Å². The first-order chi connectivity index (χ1) is 13.5. The smallest absolute Gasteiger partial charge is 0.266 e. The lowest BCUT2D eigenvalue weighted by Gasteiger charge is -2.14. The second-order valence-corrected chi connectivity index (χ2v) is 8.79. The van der Waals surface area contributed by atoms with Gasteiger partial charge in [0.2, 0.25) is 0 Å². The highest BCUT2D eigenvalue weighted by Crippen LogP contribution is 2.27. The van der Waals surface area contributed by atoms with Crippen molar-refractivity contribution in [3.05, 3.63) is 80.5 Å². The summed E-state index contributed by atoms with van der Waals surface area (Å²) in [6, 6.07) is 15.4. The van der Waals surface area contributed by atoms with E-state index in [0.717, 1.165) is 27.5 Å². The van der Waals surface area contributed by atoms with Crippen LogP contribution >= 0.6 is 23.1 Å². The minimum absolute atomic E-state index is 0.0384. The molecule has 4 aromatic rings. The van der Waals surface area contributed by atoms with Crippen LogP contribution in [0.3, 0.4) is 0 Å². The van der Waals surface area contributed by atoms with Gasteiger partial charge < -0.3 is 0 Å². The van der Waals surface area contributed by atoms with E-state index in [1.54, 1.807) is 27.7 Å². The van der Waals surface area contributed by atoms with Gasteiger partial charge in [-0.2, -0.15) is 0 Å². The fourth-order valence-electron chi connectivity index (χ4n) is 3.03. The molecule has 0 unspecified atom stereocenters. The number of rotatable bonds is 5. The van der Waals surface area contributed by atoms with Crippen LogP contribution in [0.25, 0.3) is 16.6 Å². The van der Waals surface area contributed by atoms with Crippen LogP contribution in [-0.4, -0.2) is 14.5 Å². The lowest BCUT2D eigenvalue weighted by molar-refractivity contribution is 0.813. The molecular weight excluding hydrogens is 386 g/mol. The third kappa shape index (κ3) is 3.62. The first-order valence-corrected chi connectivity index (χ1v) is 11.1. The molecule has 0 aliphatic heterocycles. The predicted octanol–water partition coefficient (Wildman–Crippen LogP) is 5.57. The number of thioether (sulfide) groups is 1. The maximum Gasteiger partial charge on any atom is 0.266 e. The van der Waals surface area contributed by atoms with E-state index in [-0.39, 0.29) is 5.56 Å². The summed E-state index contributed by atoms with van der Waals surface area (Å²) in [6.45, 7) is 6.31. The number of benzene rings is 2. The molecule has 4 nitrogen and oxygen atoms in total. The number of hydrogen-bond donors (Lipinski definition) is 0. The Kier molecular flexibility index (Phi) is 5.33. The molecule has 142 valence electrons. The van der Waals surface area contributed by atoms with Crippen LogP contribution < -0.4 is 5.56 Å². The molecule has 4 rings (SSSR count). The zero-order valence-corrected chi connectivity index (χ0v) is 17.7. The molecule has 0 aliphatic carbocycles. The van der Waals surface area contributed by atoms with Gasteiger partial charge in [-0.1, -0.05) is 55.9 Å². The maximum atomic E-state index is 13.3. The van der Waals surface area contributed by atoms with Gasteiger partial charge in [0.15, 0.2) is 5.16 Å². The fraction of sp³-hybridized carbons (Fsp3) is 0.227. The predicted molar refractivity (Wildman–Crippen MR) is 118 cm³/mol. The fourth-order valence-corrected chi connectivity index (χ4v) is 4.87. The first-order valence-electron chi connectivity index (χ1n) is 9.19. The Morgan fingerprint density at radius 2 is 1.82 bits per heavy atom. The van der Waals surface area contributed by atoms with Crippen LogP contribution in [0, 0.1) is 6.92 Å². The number of thiazole rings is 1. The SMILES string of the molecule is Cc1ccccc1-n1c(SCc2csc(C(C)C)n2)nc2ccccc2c1=O. The molecule has 0 saturated carbocycles. The van der Waals surface area contributed by atoms with Crippen molar-refractivity contribution >= 4 is 34.0 Å². The molecule has 0 atom stereocenters. The summed E-state index contributed by atoms with van der Waals surface area (Å²) in [7, 11) is 0. The molecule has 2 aromatic carbocycles. The van der Waals surface area contributed by atoms with E-state index in [1.165, 1.54) is 0 Å². The number of nitrogens with zero attached hydrogens (tertiary/aromatic N) is 3. The molecule has 6 heteroatoms. The third-order valence-corrected chi connectivity index (χ3v) is 6.68. The van der Waals surface area contributed by atoms with Gasteiger partial charge >= 0.3 is 0 Å². The van der Waals surface area contributed by atoms with Gasteiger partial charge in [-0.25, -0.2) is 9.97 Å². The molecule has 28 heavy (non-hydrogen) atoms. The summed E-state index contributed by atoms with van der Waals surface area (Å²) in [5, 5.41) is 4.56. The number of aromatic nitrogens is 3. The summed E-state index contributed by atoms with van der Waals surface area (Å²) >= 11 is 3.24. The van der Waals surface area contributed by atoms with Crippen molar-refractivity contribution in [2.45, 2.75) is 37.6 Å². The average Bonchev–Trinajstić information content (AvgIpc) is 3.17. The summed E-state index contributed by atoms with van der Waals surface area (Å²) in [4.78, 5) is 22.8. The molecule has 0 aliphatic rings. The number of hydrogen-bond acceptors (Lipinski definition) is 5. The molecule has 2 heterocycles. The third-order valence-electron chi connectivity index (χ3n) is 4.51. The highest BCUT2D eigenvalue weighted by atomic mass is 32.2. The highest BCUT2D eigenvalue weighted by Gasteiger charge is 2.15. The van der Waals surface area contributed by atoms with E-state index in [9.17, 15) is 4.79 Å². The lowest BCUT2D eigenvalue weighted by Crippen LogP contribution is -2.22. The quantitative estimate of drug-likeness (QED) is 0.321. The Labute approximate surface area is 172 Å². The molecule has 0 N–H and O–H groups in total. The number of fused-ring (bicyclic) bond motifs is 1. The molecule has 0 amide bonds. The van der Waals surface area contributed by atoms with Gasteiger partial charge in [0, 0.05) is 17.1 Å². The second kappa shape index (κ2) is 7.89. The Bertz CT molecular complexity index is 1190. The van der Waals surface area contributed by atoms with Gasteiger partial charge in [0.05, 0.1) is 27.3 Å². The number of aryl methyl sites for hydroxylation is 1. The van der Waals surface area contributed by atoms with Crippen LogP contribution in [0.5, 0.6) is 0 Å². The Hall–Kier alpha value is -2.44. The van der Waals surface area contributed by atoms with Gasteiger partial charge in [-0.3, -0.25) is 9.36 Å². The van der Waals surface area contributed by atoms with Gasteiger partial charge in [0.25, 0.3) is 5.56 Å². The topological polar surface area (TPSA) is 47.8 Å². The zero-order chi connectivity index (χ0) is 19.7. The van der Waals surface area contributed by atoms with Crippen molar-refractivity contribution in [1.82, 2.24) is 14.5 Å². The van der Waals surface area contributed by atoms with Crippen LogP contribution in [0.1, 0.15) is 36.0 Å². The summed E-state index contributed by atoms with van der Waals surface area (Å²) in [5.41, 5.74) is 3.62. The monoisotopic (exact) mass is 407 g/mol. The van der Waals surface area contributed by atoms with E-state index in [2.05, 4.69) is 19.2 Å².